The van der Waals surface area contributed by atoms with Crippen LogP contribution in [0.3, 0.4) is 0 Å². The summed E-state index contributed by atoms with van der Waals surface area (Å²) in [6.07, 6.45) is -3.70. The van der Waals surface area contributed by atoms with Crippen LogP contribution in [0.1, 0.15) is 5.56 Å². The molecule has 1 atom stereocenters. The zero-order chi connectivity index (χ0) is 19.9. The third kappa shape index (κ3) is 3.96. The van der Waals surface area contributed by atoms with Crippen LogP contribution >= 0.6 is 0 Å². The molecule has 142 valence electrons. The molecule has 0 aliphatic carbocycles. The number of aromatic nitrogens is 2. The van der Waals surface area contributed by atoms with Gasteiger partial charge in [-0.1, -0.05) is 0 Å². The van der Waals surface area contributed by atoms with E-state index in [9.17, 15) is 31.3 Å². The first-order valence-corrected chi connectivity index (χ1v) is 8.81. The predicted octanol–water partition coefficient (Wildman–Crippen LogP) is 3.64. The topological polar surface area (TPSA) is 58.0 Å². The van der Waals surface area contributed by atoms with Gasteiger partial charge >= 0.3 is 6.18 Å². The molecule has 0 saturated carbocycles. The Morgan fingerprint density at radius 2 is 1.89 bits per heavy atom. The van der Waals surface area contributed by atoms with Crippen molar-refractivity contribution in [2.75, 3.05) is 5.75 Å². The highest BCUT2D eigenvalue weighted by molar-refractivity contribution is 7.91. The molecule has 0 saturated heterocycles. The number of fused-ring (bicyclic) bond motifs is 1. The van der Waals surface area contributed by atoms with Crippen molar-refractivity contribution in [1.82, 2.24) is 9.55 Å². The van der Waals surface area contributed by atoms with E-state index in [-0.39, 0.29) is 21.4 Å². The minimum absolute atomic E-state index is 0.0478. The molecule has 0 fully saturated rings. The molecule has 10 heteroatoms. The van der Waals surface area contributed by atoms with Crippen molar-refractivity contribution in [1.29, 1.82) is 0 Å². The number of halogens is 5. The number of hydrogen-bond acceptors (Lipinski definition) is 3. The summed E-state index contributed by atoms with van der Waals surface area (Å²) in [7, 11) is 0. The lowest BCUT2D eigenvalue weighted by molar-refractivity contribution is -0.106. The molecule has 1 heterocycles. The summed E-state index contributed by atoms with van der Waals surface area (Å²) in [5, 5.41) is -0.129. The Morgan fingerprint density at radius 3 is 2.56 bits per heavy atom. The first-order valence-electron chi connectivity index (χ1n) is 7.49. The first-order chi connectivity index (χ1) is 12.6. The van der Waals surface area contributed by atoms with Gasteiger partial charge in [-0.25, -0.2) is 13.8 Å². The monoisotopic (exact) mass is 402 g/mol. The Labute approximate surface area is 152 Å². The van der Waals surface area contributed by atoms with Crippen LogP contribution in [-0.2, 0) is 11.2 Å². The van der Waals surface area contributed by atoms with E-state index >= 15 is 0 Å². The van der Waals surface area contributed by atoms with Crippen LogP contribution < -0.4 is 5.56 Å². The highest BCUT2D eigenvalue weighted by Gasteiger charge is 2.36. The highest BCUT2D eigenvalue weighted by Crippen LogP contribution is 2.27. The van der Waals surface area contributed by atoms with Crippen LogP contribution in [0.25, 0.3) is 16.6 Å². The highest BCUT2D eigenvalue weighted by atomic mass is 32.2. The lowest BCUT2D eigenvalue weighted by Gasteiger charge is -2.16. The fraction of sp³-hybridized carbons (Fsp3) is 0.176. The maximum absolute atomic E-state index is 14.4. The van der Waals surface area contributed by atoms with Gasteiger partial charge in [0.2, 0.25) is 5.75 Å². The average molecular weight is 402 g/mol. The minimum atomic E-state index is -4.68. The molecule has 0 bridgehead atoms. The molecule has 4 nitrogen and oxygen atoms in total. The Morgan fingerprint density at radius 1 is 1.19 bits per heavy atom. The summed E-state index contributed by atoms with van der Waals surface area (Å²) in [6, 6.07) is 5.10. The molecule has 0 radical (unpaired) electrons. The summed E-state index contributed by atoms with van der Waals surface area (Å²) in [5.41, 5.74) is -1.01. The lowest BCUT2D eigenvalue weighted by atomic mass is 10.2. The number of hydrogen-bond donors (Lipinski definition) is 0. The largest absolute Gasteiger partial charge is 0.611 e. The summed E-state index contributed by atoms with van der Waals surface area (Å²) >= 11 is -2.48. The number of nitrogens with zero attached hydrogens (tertiary/aromatic N) is 2. The molecule has 1 unspecified atom stereocenters. The Hall–Kier alpha value is -2.46. The first kappa shape index (κ1) is 19.3. The SMILES string of the molecule is Cc1cc(F)c(-n2cnc3ccc(F)cc3c2=O)cc1[S+]([O-])CC(F)(F)F. The third-order valence-electron chi connectivity index (χ3n) is 3.76. The maximum atomic E-state index is 14.4. The van der Waals surface area contributed by atoms with Gasteiger partial charge in [-0.05, 0) is 42.4 Å². The van der Waals surface area contributed by atoms with Gasteiger partial charge in [0.1, 0.15) is 18.0 Å². The quantitative estimate of drug-likeness (QED) is 0.497. The molecule has 1 aromatic heterocycles. The standard InChI is InChI=1S/C17H11F5N2O2S/c1-9-4-12(19)14(6-15(9)27(26)7-17(20,21)22)24-8-23-13-3-2-10(18)5-11(13)16(24)25/h2-6,8H,7H2,1H3. The zero-order valence-corrected chi connectivity index (χ0v) is 14.5. The number of benzene rings is 2. The van der Waals surface area contributed by atoms with Crippen molar-refractivity contribution in [2.45, 2.75) is 18.0 Å². The van der Waals surface area contributed by atoms with Gasteiger partial charge in [0, 0.05) is 11.6 Å². The normalized spacial score (nSPS) is 13.1. The molecule has 0 N–H and O–H groups in total. The molecular formula is C17H11F5N2O2S. The fourth-order valence-corrected chi connectivity index (χ4v) is 3.68. The molecule has 2 aromatic carbocycles. The van der Waals surface area contributed by atoms with Gasteiger partial charge < -0.3 is 4.55 Å². The van der Waals surface area contributed by atoms with Crippen molar-refractivity contribution < 1.29 is 26.5 Å². The van der Waals surface area contributed by atoms with Crippen LogP contribution in [0.4, 0.5) is 22.0 Å². The van der Waals surface area contributed by atoms with Crippen LogP contribution in [0, 0.1) is 18.6 Å². The van der Waals surface area contributed by atoms with Crippen LogP contribution in [0.15, 0.2) is 46.3 Å². The summed E-state index contributed by atoms with van der Waals surface area (Å²) < 4.78 is 78.2. The van der Waals surface area contributed by atoms with Gasteiger partial charge in [0.25, 0.3) is 5.56 Å². The van der Waals surface area contributed by atoms with E-state index in [1.807, 2.05) is 0 Å². The Bertz CT molecular complexity index is 1080. The lowest BCUT2D eigenvalue weighted by Crippen LogP contribution is -2.24. The third-order valence-corrected chi connectivity index (χ3v) is 5.28. The maximum Gasteiger partial charge on any atom is 0.433 e. The smallest absolute Gasteiger partial charge is 0.433 e. The van der Waals surface area contributed by atoms with E-state index in [0.717, 1.165) is 35.2 Å². The zero-order valence-electron chi connectivity index (χ0n) is 13.7. The van der Waals surface area contributed by atoms with Gasteiger partial charge in [-0.3, -0.25) is 9.36 Å². The second-order valence-corrected chi connectivity index (χ2v) is 7.17. The second kappa shape index (κ2) is 6.93. The summed E-state index contributed by atoms with van der Waals surface area (Å²) in [4.78, 5) is 16.2. The van der Waals surface area contributed by atoms with Crippen LogP contribution in [0.2, 0.25) is 0 Å². The van der Waals surface area contributed by atoms with E-state index in [1.165, 1.54) is 13.0 Å². The predicted molar refractivity (Wildman–Crippen MR) is 89.3 cm³/mol. The number of rotatable bonds is 3. The van der Waals surface area contributed by atoms with Crippen molar-refractivity contribution in [3.05, 3.63) is 64.2 Å². The van der Waals surface area contributed by atoms with Crippen LogP contribution in [-0.4, -0.2) is 26.0 Å². The van der Waals surface area contributed by atoms with Crippen molar-refractivity contribution >= 4 is 22.1 Å². The van der Waals surface area contributed by atoms with Gasteiger partial charge in [0.05, 0.1) is 16.6 Å². The van der Waals surface area contributed by atoms with E-state index < -0.39 is 46.0 Å². The Balaban J connectivity index is 2.17. The molecular weight excluding hydrogens is 391 g/mol. The van der Waals surface area contributed by atoms with Crippen molar-refractivity contribution in [3.63, 3.8) is 0 Å². The number of aryl methyl sites for hydroxylation is 1. The molecule has 0 aliphatic heterocycles. The fourth-order valence-electron chi connectivity index (χ4n) is 2.56. The molecule has 3 rings (SSSR count). The Kier molecular flexibility index (Phi) is 4.96. The number of alkyl halides is 3. The van der Waals surface area contributed by atoms with E-state index in [2.05, 4.69) is 4.98 Å². The molecule has 0 amide bonds. The van der Waals surface area contributed by atoms with Gasteiger partial charge in [-0.2, -0.15) is 13.2 Å². The van der Waals surface area contributed by atoms with Gasteiger partial charge in [-0.15, -0.1) is 0 Å². The molecule has 0 aliphatic rings. The van der Waals surface area contributed by atoms with Gasteiger partial charge in [0.15, 0.2) is 4.90 Å². The summed E-state index contributed by atoms with van der Waals surface area (Å²) in [5.74, 6) is -3.22. The van der Waals surface area contributed by atoms with Crippen molar-refractivity contribution in [2.24, 2.45) is 0 Å². The van der Waals surface area contributed by atoms with E-state index in [1.54, 1.807) is 0 Å². The van der Waals surface area contributed by atoms with Crippen molar-refractivity contribution in [3.8, 4) is 5.69 Å². The second-order valence-electron chi connectivity index (χ2n) is 5.76. The molecule has 0 spiro atoms. The van der Waals surface area contributed by atoms with Crippen LogP contribution in [0.5, 0.6) is 0 Å². The molecule has 3 aromatic rings. The molecule has 27 heavy (non-hydrogen) atoms. The van der Waals surface area contributed by atoms with E-state index in [0.29, 0.717) is 0 Å². The average Bonchev–Trinajstić information content (AvgIpc) is 2.55. The minimum Gasteiger partial charge on any atom is -0.611 e. The summed E-state index contributed by atoms with van der Waals surface area (Å²) in [6.45, 7) is 1.31. The van der Waals surface area contributed by atoms with E-state index in [4.69, 9.17) is 0 Å².